The van der Waals surface area contributed by atoms with Crippen molar-refractivity contribution in [2.75, 3.05) is 6.54 Å². The SMILES string of the molecule is N[C@@]1(C(=O)OCc2ccc(C=Cc3ccccc3)cc2)CN[C@@H](C(=O)OCc2ccc(C=Cc3ccccc3)cc2)C1. The van der Waals surface area contributed by atoms with E-state index in [0.717, 1.165) is 33.4 Å². The third kappa shape index (κ3) is 7.91. The molecule has 42 heavy (non-hydrogen) atoms. The van der Waals surface area contributed by atoms with Crippen LogP contribution in [0.3, 0.4) is 0 Å². The first-order chi connectivity index (χ1) is 20.5. The average molecular weight is 559 g/mol. The Morgan fingerprint density at radius 3 is 1.57 bits per heavy atom. The quantitative estimate of drug-likeness (QED) is 0.187. The molecule has 0 aromatic heterocycles. The van der Waals surface area contributed by atoms with Crippen molar-refractivity contribution in [3.05, 3.63) is 143 Å². The molecular formula is C36H34N2O4. The number of carbonyl (C=O) groups is 2. The second kappa shape index (κ2) is 13.7. The predicted octanol–water partition coefficient (Wildman–Crippen LogP) is 5.87. The highest BCUT2D eigenvalue weighted by Crippen LogP contribution is 2.21. The van der Waals surface area contributed by atoms with Gasteiger partial charge >= 0.3 is 11.9 Å². The lowest BCUT2D eigenvalue weighted by Crippen LogP contribution is -2.50. The lowest BCUT2D eigenvalue weighted by molar-refractivity contribution is -0.151. The molecule has 0 spiro atoms. The molecule has 0 bridgehead atoms. The molecule has 1 saturated heterocycles. The number of carbonyl (C=O) groups excluding carboxylic acids is 2. The van der Waals surface area contributed by atoms with Crippen molar-refractivity contribution in [3.63, 3.8) is 0 Å². The molecule has 0 unspecified atom stereocenters. The number of nitrogens with one attached hydrogen (secondary N) is 1. The molecule has 0 saturated carbocycles. The van der Waals surface area contributed by atoms with Gasteiger partial charge in [-0.3, -0.25) is 4.79 Å². The summed E-state index contributed by atoms with van der Waals surface area (Å²) in [5.74, 6) is -0.986. The molecule has 3 N–H and O–H groups in total. The van der Waals surface area contributed by atoms with Crippen molar-refractivity contribution < 1.29 is 19.1 Å². The van der Waals surface area contributed by atoms with E-state index in [-0.39, 0.29) is 26.2 Å². The van der Waals surface area contributed by atoms with E-state index in [2.05, 4.69) is 5.32 Å². The molecule has 2 atom stereocenters. The monoisotopic (exact) mass is 558 g/mol. The maximum Gasteiger partial charge on any atom is 0.327 e. The van der Waals surface area contributed by atoms with Gasteiger partial charge in [-0.05, 0) is 33.4 Å². The third-order valence-electron chi connectivity index (χ3n) is 7.17. The van der Waals surface area contributed by atoms with Gasteiger partial charge in [-0.15, -0.1) is 0 Å². The Morgan fingerprint density at radius 1 is 0.667 bits per heavy atom. The molecule has 1 fully saturated rings. The Kier molecular flexibility index (Phi) is 9.39. The lowest BCUT2D eigenvalue weighted by atomic mass is 9.97. The summed E-state index contributed by atoms with van der Waals surface area (Å²) in [6, 6.07) is 35.1. The largest absolute Gasteiger partial charge is 0.460 e. The summed E-state index contributed by atoms with van der Waals surface area (Å²) in [6.45, 7) is 0.377. The van der Waals surface area contributed by atoms with Crippen LogP contribution in [0.5, 0.6) is 0 Å². The minimum Gasteiger partial charge on any atom is -0.460 e. The Morgan fingerprint density at radius 2 is 1.10 bits per heavy atom. The van der Waals surface area contributed by atoms with E-state index in [0.29, 0.717) is 0 Å². The van der Waals surface area contributed by atoms with Gasteiger partial charge in [0.15, 0.2) is 0 Å². The topological polar surface area (TPSA) is 90.7 Å². The summed E-state index contributed by atoms with van der Waals surface area (Å²) in [4.78, 5) is 25.5. The van der Waals surface area contributed by atoms with Gasteiger partial charge < -0.3 is 20.5 Å². The van der Waals surface area contributed by atoms with Crippen LogP contribution in [-0.2, 0) is 32.3 Å². The van der Waals surface area contributed by atoms with Crippen molar-refractivity contribution in [1.29, 1.82) is 0 Å². The number of nitrogens with two attached hydrogens (primary N) is 1. The van der Waals surface area contributed by atoms with Crippen molar-refractivity contribution >= 4 is 36.2 Å². The Hall–Kier alpha value is -4.78. The van der Waals surface area contributed by atoms with Crippen LogP contribution >= 0.6 is 0 Å². The maximum atomic E-state index is 12.8. The van der Waals surface area contributed by atoms with E-state index in [1.807, 2.05) is 133 Å². The molecule has 0 amide bonds. The van der Waals surface area contributed by atoms with Crippen LogP contribution in [0.15, 0.2) is 109 Å². The van der Waals surface area contributed by atoms with Gasteiger partial charge in [0.2, 0.25) is 0 Å². The highest BCUT2D eigenvalue weighted by Gasteiger charge is 2.46. The Labute approximate surface area is 246 Å². The maximum absolute atomic E-state index is 12.8. The first kappa shape index (κ1) is 28.7. The second-order valence-corrected chi connectivity index (χ2v) is 10.4. The van der Waals surface area contributed by atoms with Crippen LogP contribution in [0.25, 0.3) is 24.3 Å². The van der Waals surface area contributed by atoms with Crippen LogP contribution in [0.1, 0.15) is 39.8 Å². The van der Waals surface area contributed by atoms with Crippen molar-refractivity contribution in [2.45, 2.75) is 31.2 Å². The van der Waals surface area contributed by atoms with E-state index in [1.165, 1.54) is 0 Å². The molecule has 1 heterocycles. The fourth-order valence-corrected chi connectivity index (χ4v) is 4.65. The molecule has 0 radical (unpaired) electrons. The molecule has 6 nitrogen and oxygen atoms in total. The smallest absolute Gasteiger partial charge is 0.327 e. The molecule has 1 aliphatic heterocycles. The summed E-state index contributed by atoms with van der Waals surface area (Å²) < 4.78 is 11.0. The first-order valence-corrected chi connectivity index (χ1v) is 14.0. The molecule has 1 aliphatic rings. The summed E-state index contributed by atoms with van der Waals surface area (Å²) in [7, 11) is 0. The fourth-order valence-electron chi connectivity index (χ4n) is 4.65. The second-order valence-electron chi connectivity index (χ2n) is 10.4. The minimum absolute atomic E-state index is 0.103. The van der Waals surface area contributed by atoms with Gasteiger partial charge in [-0.2, -0.15) is 0 Å². The first-order valence-electron chi connectivity index (χ1n) is 14.0. The van der Waals surface area contributed by atoms with E-state index < -0.39 is 23.5 Å². The van der Waals surface area contributed by atoms with E-state index in [1.54, 1.807) is 0 Å². The third-order valence-corrected chi connectivity index (χ3v) is 7.17. The van der Waals surface area contributed by atoms with Crippen LogP contribution in [0.4, 0.5) is 0 Å². The number of hydrogen-bond acceptors (Lipinski definition) is 6. The van der Waals surface area contributed by atoms with E-state index in [4.69, 9.17) is 15.2 Å². The lowest BCUT2D eigenvalue weighted by Gasteiger charge is -2.20. The van der Waals surface area contributed by atoms with E-state index in [9.17, 15) is 9.59 Å². The Balaban J connectivity index is 1.06. The number of benzene rings is 4. The van der Waals surface area contributed by atoms with Gasteiger partial charge in [0.25, 0.3) is 0 Å². The number of hydrogen-bond donors (Lipinski definition) is 2. The fraction of sp³-hybridized carbons (Fsp3) is 0.167. The normalized spacial score (nSPS) is 18.4. The highest BCUT2D eigenvalue weighted by atomic mass is 16.5. The van der Waals surface area contributed by atoms with Gasteiger partial charge in [0.1, 0.15) is 24.8 Å². The Bertz CT molecular complexity index is 1530. The van der Waals surface area contributed by atoms with Gasteiger partial charge in [-0.25, -0.2) is 4.79 Å². The molecule has 0 aliphatic carbocycles. The molecular weight excluding hydrogens is 524 g/mol. The zero-order valence-corrected chi connectivity index (χ0v) is 23.3. The zero-order valence-electron chi connectivity index (χ0n) is 23.3. The van der Waals surface area contributed by atoms with Crippen molar-refractivity contribution in [1.82, 2.24) is 5.32 Å². The number of esters is 2. The van der Waals surface area contributed by atoms with Crippen LogP contribution in [0, 0.1) is 0 Å². The van der Waals surface area contributed by atoms with Crippen LogP contribution in [-0.4, -0.2) is 30.1 Å². The number of rotatable bonds is 10. The van der Waals surface area contributed by atoms with Gasteiger partial charge in [0.05, 0.1) is 0 Å². The molecule has 6 heteroatoms. The van der Waals surface area contributed by atoms with E-state index >= 15 is 0 Å². The summed E-state index contributed by atoms with van der Waals surface area (Å²) in [6.07, 6.45) is 8.27. The summed E-state index contributed by atoms with van der Waals surface area (Å²) in [5.41, 5.74) is 11.1. The highest BCUT2D eigenvalue weighted by molar-refractivity contribution is 5.85. The minimum atomic E-state index is -1.30. The summed E-state index contributed by atoms with van der Waals surface area (Å²) in [5, 5.41) is 3.02. The molecule has 5 rings (SSSR count). The predicted molar refractivity (Wildman–Crippen MR) is 167 cm³/mol. The molecule has 4 aromatic carbocycles. The number of ether oxygens (including phenoxy) is 2. The van der Waals surface area contributed by atoms with Gasteiger partial charge in [-0.1, -0.05) is 133 Å². The van der Waals surface area contributed by atoms with Gasteiger partial charge in [0, 0.05) is 13.0 Å². The summed E-state index contributed by atoms with van der Waals surface area (Å²) >= 11 is 0. The van der Waals surface area contributed by atoms with Crippen molar-refractivity contribution in [2.24, 2.45) is 5.73 Å². The average Bonchev–Trinajstić information content (AvgIpc) is 3.46. The molecule has 4 aromatic rings. The van der Waals surface area contributed by atoms with Crippen LogP contribution in [0.2, 0.25) is 0 Å². The van der Waals surface area contributed by atoms with Crippen molar-refractivity contribution in [3.8, 4) is 0 Å². The standard InChI is InChI=1S/C36H34N2O4/c37-36(35(40)42-25-32-21-17-30(18-22-32)14-12-28-9-5-2-6-10-28)23-33(38-26-36)34(39)41-24-31-19-15-29(16-20-31)13-11-27-7-3-1-4-8-27/h1-22,33,38H,23-26,37H2/t33-,36-/m1/s1. The molecule has 212 valence electrons. The zero-order chi connectivity index (χ0) is 29.2. The van der Waals surface area contributed by atoms with Crippen LogP contribution < -0.4 is 11.1 Å².